The lowest BCUT2D eigenvalue weighted by Crippen LogP contribution is -2.23. The minimum atomic E-state index is -0.613. The molecular formula is C24H20N6O2. The van der Waals surface area contributed by atoms with Crippen molar-refractivity contribution in [2.45, 2.75) is 18.9 Å². The van der Waals surface area contributed by atoms with Crippen molar-refractivity contribution in [2.75, 3.05) is 0 Å². The van der Waals surface area contributed by atoms with Crippen LogP contribution in [0.2, 0.25) is 0 Å². The fraction of sp³-hybridized carbons (Fsp3) is 0.125. The van der Waals surface area contributed by atoms with Crippen LogP contribution in [0.5, 0.6) is 0 Å². The van der Waals surface area contributed by atoms with Gasteiger partial charge >= 0.3 is 0 Å². The van der Waals surface area contributed by atoms with Crippen LogP contribution in [0.15, 0.2) is 94.2 Å². The summed E-state index contributed by atoms with van der Waals surface area (Å²) in [6.07, 6.45) is 10.7. The van der Waals surface area contributed by atoms with E-state index in [0.717, 1.165) is 11.1 Å². The number of rotatable bonds is 6. The summed E-state index contributed by atoms with van der Waals surface area (Å²) in [5, 5.41) is 17.3. The maximum Gasteiger partial charge on any atom is 0.185 e. The first-order chi connectivity index (χ1) is 15.6. The summed E-state index contributed by atoms with van der Waals surface area (Å²) < 4.78 is 0. The predicted molar refractivity (Wildman–Crippen MR) is 125 cm³/mol. The van der Waals surface area contributed by atoms with Gasteiger partial charge in [-0.1, -0.05) is 95.2 Å². The summed E-state index contributed by atoms with van der Waals surface area (Å²) in [5.74, 6) is -0.0815. The van der Waals surface area contributed by atoms with E-state index in [4.69, 9.17) is 11.1 Å². The summed E-state index contributed by atoms with van der Waals surface area (Å²) >= 11 is 0. The van der Waals surface area contributed by atoms with Gasteiger partial charge in [0.25, 0.3) is 0 Å². The van der Waals surface area contributed by atoms with Crippen LogP contribution in [0, 0.1) is 0 Å². The number of azide groups is 2. The molecule has 158 valence electrons. The first-order valence-electron chi connectivity index (χ1n) is 9.86. The minimum absolute atomic E-state index is 0.0815. The van der Waals surface area contributed by atoms with Crippen molar-refractivity contribution in [3.05, 3.63) is 116 Å². The van der Waals surface area contributed by atoms with Crippen molar-refractivity contribution in [2.24, 2.45) is 10.2 Å². The Morgan fingerprint density at radius 2 is 1.19 bits per heavy atom. The Labute approximate surface area is 184 Å². The molecule has 3 rings (SSSR count). The molecule has 0 aromatic heterocycles. The third-order valence-corrected chi connectivity index (χ3v) is 4.77. The second-order valence-corrected chi connectivity index (χ2v) is 7.06. The van der Waals surface area contributed by atoms with Crippen molar-refractivity contribution < 1.29 is 9.90 Å². The van der Waals surface area contributed by atoms with Gasteiger partial charge in [-0.3, -0.25) is 4.79 Å². The molecule has 32 heavy (non-hydrogen) atoms. The average Bonchev–Trinajstić information content (AvgIpc) is 2.79. The Kier molecular flexibility index (Phi) is 7.79. The first-order valence-corrected chi connectivity index (χ1v) is 9.86. The Hall–Kier alpha value is -4.35. The Bertz CT molecular complexity index is 1100. The summed E-state index contributed by atoms with van der Waals surface area (Å²) in [6, 6.07) is 14.1. The smallest absolute Gasteiger partial charge is 0.185 e. The molecule has 8 nitrogen and oxygen atoms in total. The van der Waals surface area contributed by atoms with E-state index in [-0.39, 0.29) is 5.78 Å². The predicted octanol–water partition coefficient (Wildman–Crippen LogP) is 6.87. The Balaban J connectivity index is 1.70. The molecule has 0 unspecified atom stereocenters. The second kappa shape index (κ2) is 11.2. The molecule has 8 heteroatoms. The molecule has 2 aromatic carbocycles. The highest BCUT2D eigenvalue weighted by Crippen LogP contribution is 2.26. The fourth-order valence-electron chi connectivity index (χ4n) is 3.22. The minimum Gasteiger partial charge on any atom is -0.392 e. The number of ketones is 1. The number of nitrogens with zero attached hydrogens (tertiary/aromatic N) is 6. The van der Waals surface area contributed by atoms with Gasteiger partial charge in [0.15, 0.2) is 5.78 Å². The number of hydrogen-bond donors (Lipinski definition) is 1. The van der Waals surface area contributed by atoms with Crippen molar-refractivity contribution in [1.29, 1.82) is 0 Å². The van der Waals surface area contributed by atoms with Crippen molar-refractivity contribution in [3.63, 3.8) is 0 Å². The number of Topliss-reactive ketones (excluding diaryl/α,β-unsaturated/α-hetero) is 1. The second-order valence-electron chi connectivity index (χ2n) is 7.06. The molecule has 1 aliphatic rings. The van der Waals surface area contributed by atoms with Crippen LogP contribution in [-0.4, -0.2) is 17.0 Å². The molecule has 1 N–H and O–H groups in total. The lowest BCUT2D eigenvalue weighted by Gasteiger charge is -2.21. The van der Waals surface area contributed by atoms with Gasteiger partial charge in [-0.2, -0.15) is 0 Å². The van der Waals surface area contributed by atoms with E-state index >= 15 is 0 Å². The molecule has 0 aliphatic heterocycles. The molecule has 0 spiro atoms. The van der Waals surface area contributed by atoms with Crippen LogP contribution < -0.4 is 0 Å². The highest BCUT2D eigenvalue weighted by atomic mass is 16.3. The zero-order chi connectivity index (χ0) is 22.8. The van der Waals surface area contributed by atoms with Gasteiger partial charge in [-0.05, 0) is 22.2 Å². The molecule has 1 saturated carbocycles. The molecule has 2 aromatic rings. The number of carbonyl (C=O) groups is 1. The number of aliphatic hydroxyl groups is 1. The average molecular weight is 424 g/mol. The fourth-order valence-corrected chi connectivity index (χ4v) is 3.22. The largest absolute Gasteiger partial charge is 0.392 e. The molecule has 0 radical (unpaired) electrons. The molecule has 0 amide bonds. The van der Waals surface area contributed by atoms with Crippen LogP contribution in [0.4, 0.5) is 11.4 Å². The van der Waals surface area contributed by atoms with Crippen LogP contribution >= 0.6 is 0 Å². The van der Waals surface area contributed by atoms with Crippen molar-refractivity contribution >= 4 is 29.3 Å². The molecular weight excluding hydrogens is 404 g/mol. The molecule has 1 fully saturated rings. The third kappa shape index (κ3) is 6.32. The maximum absolute atomic E-state index is 12.8. The normalized spacial score (nSPS) is 18.8. The third-order valence-electron chi connectivity index (χ3n) is 4.77. The van der Waals surface area contributed by atoms with E-state index in [9.17, 15) is 9.90 Å². The highest BCUT2D eigenvalue weighted by Gasteiger charge is 2.25. The van der Waals surface area contributed by atoms with Gasteiger partial charge in [0, 0.05) is 45.2 Å². The van der Waals surface area contributed by atoms with Crippen molar-refractivity contribution in [3.8, 4) is 0 Å². The molecule has 0 heterocycles. The standard InChI is InChI=1S/C24H20N6O2/c25-29-27-21-11-7-17(8-12-21)3-1-5-19-15-23(31)16-20(24(19)32)6-2-4-18-9-13-22(14-10-18)28-30-26/h1-14,23,31H,15-16H2. The van der Waals surface area contributed by atoms with E-state index in [0.29, 0.717) is 35.4 Å². The van der Waals surface area contributed by atoms with Gasteiger partial charge in [-0.15, -0.1) is 0 Å². The van der Waals surface area contributed by atoms with Gasteiger partial charge in [0.05, 0.1) is 6.10 Å². The first kappa shape index (κ1) is 22.3. The van der Waals surface area contributed by atoms with Gasteiger partial charge < -0.3 is 5.11 Å². The molecule has 0 saturated heterocycles. The monoisotopic (exact) mass is 424 g/mol. The summed E-state index contributed by atoms with van der Waals surface area (Å²) in [7, 11) is 0. The lowest BCUT2D eigenvalue weighted by molar-refractivity contribution is -0.113. The van der Waals surface area contributed by atoms with Crippen LogP contribution in [0.3, 0.4) is 0 Å². The lowest BCUT2D eigenvalue weighted by atomic mass is 9.86. The summed E-state index contributed by atoms with van der Waals surface area (Å²) in [6.45, 7) is 0. The Morgan fingerprint density at radius 1 is 0.781 bits per heavy atom. The number of allylic oxidation sites excluding steroid dienone is 4. The topological polar surface area (TPSA) is 135 Å². The van der Waals surface area contributed by atoms with Crippen molar-refractivity contribution in [1.82, 2.24) is 0 Å². The Morgan fingerprint density at radius 3 is 1.56 bits per heavy atom. The van der Waals surface area contributed by atoms with E-state index in [2.05, 4.69) is 20.1 Å². The number of aliphatic hydroxyl groups excluding tert-OH is 1. The van der Waals surface area contributed by atoms with Crippen LogP contribution in [-0.2, 0) is 4.79 Å². The van der Waals surface area contributed by atoms with Crippen LogP contribution in [0.1, 0.15) is 24.0 Å². The van der Waals surface area contributed by atoms with Gasteiger partial charge in [0.2, 0.25) is 0 Å². The van der Waals surface area contributed by atoms with E-state index in [1.165, 1.54) is 0 Å². The van der Waals surface area contributed by atoms with E-state index in [1.807, 2.05) is 36.4 Å². The molecule has 0 atom stereocenters. The van der Waals surface area contributed by atoms with Crippen LogP contribution in [0.25, 0.3) is 33.0 Å². The van der Waals surface area contributed by atoms with E-state index in [1.54, 1.807) is 48.6 Å². The maximum atomic E-state index is 12.8. The highest BCUT2D eigenvalue weighted by molar-refractivity contribution is 6.09. The zero-order valence-corrected chi connectivity index (χ0v) is 17.1. The number of hydrogen-bond acceptors (Lipinski definition) is 4. The summed E-state index contributed by atoms with van der Waals surface area (Å²) in [4.78, 5) is 18.3. The molecule has 0 bridgehead atoms. The zero-order valence-electron chi connectivity index (χ0n) is 17.1. The van der Waals surface area contributed by atoms with Gasteiger partial charge in [-0.25, -0.2) is 0 Å². The number of benzene rings is 2. The summed E-state index contributed by atoms with van der Waals surface area (Å²) in [5.41, 5.74) is 20.8. The SMILES string of the molecule is [N-]=[N+]=Nc1ccc(C=CC=C2CC(O)CC(=CC=Cc3ccc(N=[N+]=[N-])cc3)C2=O)cc1. The number of carbonyl (C=O) groups excluding carboxylic acids is 1. The quantitative estimate of drug-likeness (QED) is 0.234. The van der Waals surface area contributed by atoms with Gasteiger partial charge in [0.1, 0.15) is 0 Å². The molecule has 1 aliphatic carbocycles. The van der Waals surface area contributed by atoms with E-state index < -0.39 is 6.10 Å².